The molecule has 0 aliphatic heterocycles. The van der Waals surface area contributed by atoms with Crippen LogP contribution in [0.5, 0.6) is 5.75 Å². The first-order valence-electron chi connectivity index (χ1n) is 11.3. The molecule has 0 bridgehead atoms. The Hall–Kier alpha value is -1.90. The van der Waals surface area contributed by atoms with E-state index in [1.54, 1.807) is 0 Å². The summed E-state index contributed by atoms with van der Waals surface area (Å²) in [4.78, 5) is 9.03. The van der Waals surface area contributed by atoms with Crippen LogP contribution in [0.2, 0.25) is 0 Å². The molecule has 1 aliphatic rings. The van der Waals surface area contributed by atoms with Crippen LogP contribution in [0.4, 0.5) is 0 Å². The third kappa shape index (κ3) is 6.32. The van der Waals surface area contributed by atoms with Crippen LogP contribution in [-0.4, -0.2) is 16.6 Å². The fourth-order valence-electron chi connectivity index (χ4n) is 4.39. The number of rotatable bonds is 10. The van der Waals surface area contributed by atoms with Crippen molar-refractivity contribution in [2.24, 2.45) is 11.8 Å². The second-order valence-electron chi connectivity index (χ2n) is 8.33. The van der Waals surface area contributed by atoms with Gasteiger partial charge in [0.2, 0.25) is 0 Å². The number of hydrogen-bond donors (Lipinski definition) is 0. The molecule has 1 aliphatic carbocycles. The zero-order valence-corrected chi connectivity index (χ0v) is 17.7. The minimum absolute atomic E-state index is 0.819. The second kappa shape index (κ2) is 11.2. The fraction of sp³-hybridized carbons (Fsp3) is 0.600. The van der Waals surface area contributed by atoms with Crippen molar-refractivity contribution in [1.29, 1.82) is 0 Å². The highest BCUT2D eigenvalue weighted by atomic mass is 16.5. The predicted molar refractivity (Wildman–Crippen MR) is 117 cm³/mol. The van der Waals surface area contributed by atoms with Crippen LogP contribution in [0.25, 0.3) is 11.3 Å². The molecule has 0 atom stereocenters. The topological polar surface area (TPSA) is 35.0 Å². The van der Waals surface area contributed by atoms with Crippen molar-refractivity contribution >= 4 is 0 Å². The summed E-state index contributed by atoms with van der Waals surface area (Å²) in [6.07, 6.45) is 16.8. The van der Waals surface area contributed by atoms with Crippen molar-refractivity contribution < 1.29 is 4.74 Å². The van der Waals surface area contributed by atoms with E-state index in [0.29, 0.717) is 0 Å². The van der Waals surface area contributed by atoms with Crippen LogP contribution in [-0.2, 0) is 6.42 Å². The molecule has 0 N–H and O–H groups in total. The number of aromatic nitrogens is 2. The Kier molecular flexibility index (Phi) is 8.32. The van der Waals surface area contributed by atoms with E-state index in [-0.39, 0.29) is 0 Å². The molecule has 1 fully saturated rings. The maximum absolute atomic E-state index is 5.96. The van der Waals surface area contributed by atoms with Gasteiger partial charge in [0.1, 0.15) is 5.75 Å². The Labute approximate surface area is 171 Å². The highest BCUT2D eigenvalue weighted by Crippen LogP contribution is 2.33. The number of ether oxygens (including phenoxy) is 1. The maximum Gasteiger partial charge on any atom is 0.119 e. The Bertz CT molecular complexity index is 673. The van der Waals surface area contributed by atoms with E-state index in [1.807, 2.05) is 24.5 Å². The third-order valence-corrected chi connectivity index (χ3v) is 6.05. The SMILES string of the molecule is CCCc1cnc(-c2ccc(OCCCC3CCC(CCC)CC3)cc2)cn1. The molecule has 0 saturated heterocycles. The lowest BCUT2D eigenvalue weighted by Crippen LogP contribution is -2.15. The van der Waals surface area contributed by atoms with Crippen LogP contribution in [0, 0.1) is 11.8 Å². The van der Waals surface area contributed by atoms with Crippen molar-refractivity contribution in [1.82, 2.24) is 9.97 Å². The lowest BCUT2D eigenvalue weighted by molar-refractivity contribution is 0.230. The van der Waals surface area contributed by atoms with E-state index in [0.717, 1.165) is 60.4 Å². The van der Waals surface area contributed by atoms with Crippen LogP contribution < -0.4 is 4.74 Å². The van der Waals surface area contributed by atoms with Crippen LogP contribution in [0.15, 0.2) is 36.7 Å². The van der Waals surface area contributed by atoms with Crippen LogP contribution in [0.3, 0.4) is 0 Å². The molecule has 0 amide bonds. The molecular weight excluding hydrogens is 344 g/mol. The molecule has 0 unspecified atom stereocenters. The summed E-state index contributed by atoms with van der Waals surface area (Å²) in [5.41, 5.74) is 3.07. The first-order valence-corrected chi connectivity index (χ1v) is 11.3. The van der Waals surface area contributed by atoms with Gasteiger partial charge in [-0.25, -0.2) is 0 Å². The second-order valence-corrected chi connectivity index (χ2v) is 8.33. The zero-order chi connectivity index (χ0) is 19.6. The molecule has 28 heavy (non-hydrogen) atoms. The molecule has 0 radical (unpaired) electrons. The average molecular weight is 381 g/mol. The van der Waals surface area contributed by atoms with Crippen molar-refractivity contribution in [3.05, 3.63) is 42.4 Å². The van der Waals surface area contributed by atoms with E-state index in [9.17, 15) is 0 Å². The van der Waals surface area contributed by atoms with Gasteiger partial charge >= 0.3 is 0 Å². The highest BCUT2D eigenvalue weighted by molar-refractivity contribution is 5.58. The van der Waals surface area contributed by atoms with Gasteiger partial charge in [0.25, 0.3) is 0 Å². The quantitative estimate of drug-likeness (QED) is 0.422. The molecule has 0 spiro atoms. The standard InChI is InChI=1S/C25H36N2O/c1-3-6-20-9-11-21(12-10-20)8-5-17-28-24-15-13-22(14-16-24)25-19-26-23(7-4-2)18-27-25/h13-16,18-21H,3-12,17H2,1-2H3. The zero-order valence-electron chi connectivity index (χ0n) is 17.7. The summed E-state index contributed by atoms with van der Waals surface area (Å²) < 4.78 is 5.96. The molecular formula is C25H36N2O. The maximum atomic E-state index is 5.96. The molecule has 2 aromatic rings. The lowest BCUT2D eigenvalue weighted by atomic mass is 9.78. The van der Waals surface area contributed by atoms with Crippen molar-refractivity contribution in [2.45, 2.75) is 78.1 Å². The first-order chi connectivity index (χ1) is 13.8. The minimum Gasteiger partial charge on any atom is -0.494 e. The van der Waals surface area contributed by atoms with Gasteiger partial charge in [0, 0.05) is 11.8 Å². The Morgan fingerprint density at radius 1 is 0.857 bits per heavy atom. The van der Waals surface area contributed by atoms with Gasteiger partial charge in [-0.15, -0.1) is 0 Å². The Morgan fingerprint density at radius 3 is 2.18 bits per heavy atom. The third-order valence-electron chi connectivity index (χ3n) is 6.05. The van der Waals surface area contributed by atoms with Crippen molar-refractivity contribution in [2.75, 3.05) is 6.61 Å². The average Bonchev–Trinajstić information content (AvgIpc) is 2.74. The number of nitrogens with zero attached hydrogens (tertiary/aromatic N) is 2. The van der Waals surface area contributed by atoms with Crippen LogP contribution in [0.1, 0.15) is 77.3 Å². The van der Waals surface area contributed by atoms with Gasteiger partial charge in [0.05, 0.1) is 24.2 Å². The Morgan fingerprint density at radius 2 is 1.57 bits per heavy atom. The first kappa shape index (κ1) is 20.8. The minimum atomic E-state index is 0.819. The fourth-order valence-corrected chi connectivity index (χ4v) is 4.39. The Balaban J connectivity index is 1.38. The summed E-state index contributed by atoms with van der Waals surface area (Å²) in [6.45, 7) is 5.29. The lowest BCUT2D eigenvalue weighted by Gasteiger charge is -2.28. The molecule has 1 heterocycles. The smallest absolute Gasteiger partial charge is 0.119 e. The largest absolute Gasteiger partial charge is 0.494 e. The van der Waals surface area contributed by atoms with E-state index < -0.39 is 0 Å². The molecule has 3 nitrogen and oxygen atoms in total. The van der Waals surface area contributed by atoms with Gasteiger partial charge in [0.15, 0.2) is 0 Å². The van der Waals surface area contributed by atoms with E-state index in [2.05, 4.69) is 35.9 Å². The molecule has 1 saturated carbocycles. The van der Waals surface area contributed by atoms with Gasteiger partial charge in [-0.05, 0) is 55.4 Å². The summed E-state index contributed by atoms with van der Waals surface area (Å²) in [5, 5.41) is 0. The number of hydrogen-bond acceptors (Lipinski definition) is 3. The van der Waals surface area contributed by atoms with Gasteiger partial charge in [-0.2, -0.15) is 0 Å². The van der Waals surface area contributed by atoms with Gasteiger partial charge in [-0.1, -0.05) is 58.8 Å². The van der Waals surface area contributed by atoms with E-state index in [4.69, 9.17) is 4.74 Å². The number of aryl methyl sites for hydroxylation is 1. The summed E-state index contributed by atoms with van der Waals surface area (Å²) in [5.74, 6) is 2.88. The van der Waals surface area contributed by atoms with E-state index >= 15 is 0 Å². The monoisotopic (exact) mass is 380 g/mol. The summed E-state index contributed by atoms with van der Waals surface area (Å²) >= 11 is 0. The predicted octanol–water partition coefficient (Wildman–Crippen LogP) is 6.86. The molecule has 152 valence electrons. The normalized spacial score (nSPS) is 19.5. The van der Waals surface area contributed by atoms with Gasteiger partial charge in [-0.3, -0.25) is 9.97 Å². The highest BCUT2D eigenvalue weighted by Gasteiger charge is 2.20. The summed E-state index contributed by atoms with van der Waals surface area (Å²) in [6, 6.07) is 8.25. The van der Waals surface area contributed by atoms with E-state index in [1.165, 1.54) is 44.9 Å². The molecule has 1 aromatic heterocycles. The van der Waals surface area contributed by atoms with Crippen LogP contribution >= 0.6 is 0 Å². The summed E-state index contributed by atoms with van der Waals surface area (Å²) in [7, 11) is 0. The van der Waals surface area contributed by atoms with Crippen molar-refractivity contribution in [3.63, 3.8) is 0 Å². The molecule has 1 aromatic carbocycles. The number of benzene rings is 1. The molecule has 3 rings (SSSR count). The molecule has 3 heteroatoms. The van der Waals surface area contributed by atoms with Gasteiger partial charge < -0.3 is 4.74 Å². The van der Waals surface area contributed by atoms with Crippen molar-refractivity contribution in [3.8, 4) is 17.0 Å².